The third-order valence-corrected chi connectivity index (χ3v) is 3.53. The van der Waals surface area contributed by atoms with Gasteiger partial charge in [-0.15, -0.1) is 0 Å². The highest BCUT2D eigenvalue weighted by atomic mass is 16.1. The first-order chi connectivity index (χ1) is 8.78. The quantitative estimate of drug-likeness (QED) is 0.858. The highest BCUT2D eigenvalue weighted by Crippen LogP contribution is 2.26. The van der Waals surface area contributed by atoms with E-state index in [9.17, 15) is 4.79 Å². The van der Waals surface area contributed by atoms with Crippen LogP contribution < -0.4 is 11.1 Å². The van der Waals surface area contributed by atoms with E-state index < -0.39 is 0 Å². The van der Waals surface area contributed by atoms with E-state index >= 15 is 0 Å². The number of nitrogens with two attached hydrogens (primary N) is 1. The number of hydrogen-bond donors (Lipinski definition) is 2. The van der Waals surface area contributed by atoms with E-state index in [1.165, 1.54) is 32.1 Å². The Morgan fingerprint density at radius 1 is 1.33 bits per heavy atom. The molecule has 4 heteroatoms. The fourth-order valence-electron chi connectivity index (χ4n) is 2.47. The fraction of sp³-hybridized carbons (Fsp3) is 0.571. The van der Waals surface area contributed by atoms with E-state index in [0.717, 1.165) is 5.56 Å². The van der Waals surface area contributed by atoms with Gasteiger partial charge in [0.05, 0.1) is 0 Å². The van der Waals surface area contributed by atoms with Gasteiger partial charge in [-0.3, -0.25) is 4.79 Å². The van der Waals surface area contributed by atoms with E-state index in [1.807, 2.05) is 6.07 Å². The van der Waals surface area contributed by atoms with Gasteiger partial charge in [0.25, 0.3) is 0 Å². The minimum absolute atomic E-state index is 0.0786. The number of hydrogen-bond acceptors (Lipinski definition) is 3. The molecule has 1 aliphatic rings. The second kappa shape index (κ2) is 6.50. The van der Waals surface area contributed by atoms with E-state index in [2.05, 4.69) is 10.3 Å². The minimum atomic E-state index is 0.0786. The number of nitrogens with zero attached hydrogens (tertiary/aromatic N) is 1. The predicted octanol–water partition coefficient (Wildman–Crippen LogP) is 2.45. The summed E-state index contributed by atoms with van der Waals surface area (Å²) in [5.41, 5.74) is 6.47. The van der Waals surface area contributed by atoms with Crippen molar-refractivity contribution >= 4 is 11.7 Å². The lowest BCUT2D eigenvalue weighted by molar-refractivity contribution is -0.117. The van der Waals surface area contributed by atoms with Crippen molar-refractivity contribution in [3.05, 3.63) is 23.9 Å². The molecule has 0 aliphatic heterocycles. The number of carbonyl (C=O) groups excluding carboxylic acids is 1. The Morgan fingerprint density at radius 2 is 2.11 bits per heavy atom. The Balaban J connectivity index is 1.82. The molecule has 0 bridgehead atoms. The Hall–Kier alpha value is -1.42. The van der Waals surface area contributed by atoms with Gasteiger partial charge in [-0.05, 0) is 30.4 Å². The summed E-state index contributed by atoms with van der Waals surface area (Å²) in [5, 5.41) is 2.85. The fourth-order valence-corrected chi connectivity index (χ4v) is 2.47. The lowest BCUT2D eigenvalue weighted by Crippen LogP contribution is -2.18. The molecule has 1 saturated carbocycles. The monoisotopic (exact) mass is 247 g/mol. The molecule has 98 valence electrons. The summed E-state index contributed by atoms with van der Waals surface area (Å²) < 4.78 is 0. The van der Waals surface area contributed by atoms with Gasteiger partial charge < -0.3 is 11.1 Å². The number of carbonyl (C=O) groups is 1. The summed E-state index contributed by atoms with van der Waals surface area (Å²) in [4.78, 5) is 16.0. The molecule has 1 aromatic heterocycles. The maximum atomic E-state index is 11.9. The van der Waals surface area contributed by atoms with Crippen molar-refractivity contribution in [2.45, 2.75) is 45.1 Å². The zero-order valence-corrected chi connectivity index (χ0v) is 10.7. The predicted molar refractivity (Wildman–Crippen MR) is 72.0 cm³/mol. The SMILES string of the molecule is NCc1ccc(NC(=O)CC2CCCCC2)nc1. The normalized spacial score (nSPS) is 16.5. The summed E-state index contributed by atoms with van der Waals surface area (Å²) in [6, 6.07) is 3.70. The zero-order valence-electron chi connectivity index (χ0n) is 10.7. The van der Waals surface area contributed by atoms with Crippen molar-refractivity contribution < 1.29 is 4.79 Å². The Bertz CT molecular complexity index is 383. The first-order valence-corrected chi connectivity index (χ1v) is 6.73. The van der Waals surface area contributed by atoms with Crippen LogP contribution in [0.4, 0.5) is 5.82 Å². The maximum absolute atomic E-state index is 11.9. The minimum Gasteiger partial charge on any atom is -0.326 e. The van der Waals surface area contributed by atoms with Crippen LogP contribution >= 0.6 is 0 Å². The van der Waals surface area contributed by atoms with E-state index in [4.69, 9.17) is 5.73 Å². The highest BCUT2D eigenvalue weighted by molar-refractivity contribution is 5.89. The molecule has 3 N–H and O–H groups in total. The number of anilines is 1. The number of pyridine rings is 1. The first kappa shape index (κ1) is 13.0. The van der Waals surface area contributed by atoms with Gasteiger partial charge in [0.2, 0.25) is 5.91 Å². The molecular formula is C14H21N3O. The van der Waals surface area contributed by atoms with Crippen molar-refractivity contribution in [1.82, 2.24) is 4.98 Å². The van der Waals surface area contributed by atoms with Crippen molar-refractivity contribution in [2.75, 3.05) is 5.32 Å². The number of amides is 1. The molecule has 18 heavy (non-hydrogen) atoms. The standard InChI is InChI=1S/C14H21N3O/c15-9-12-6-7-13(16-10-12)17-14(18)8-11-4-2-1-3-5-11/h6-7,10-11H,1-5,8-9,15H2,(H,16,17,18). The van der Waals surface area contributed by atoms with Gasteiger partial charge in [-0.25, -0.2) is 4.98 Å². The molecule has 1 aliphatic carbocycles. The zero-order chi connectivity index (χ0) is 12.8. The lowest BCUT2D eigenvalue weighted by Gasteiger charge is -2.20. The first-order valence-electron chi connectivity index (χ1n) is 6.73. The molecule has 1 fully saturated rings. The largest absolute Gasteiger partial charge is 0.326 e. The third-order valence-electron chi connectivity index (χ3n) is 3.53. The molecule has 2 rings (SSSR count). The van der Waals surface area contributed by atoms with Gasteiger partial charge in [0.15, 0.2) is 0 Å². The van der Waals surface area contributed by atoms with Crippen molar-refractivity contribution in [3.63, 3.8) is 0 Å². The van der Waals surface area contributed by atoms with Crippen LogP contribution in [0.3, 0.4) is 0 Å². The molecular weight excluding hydrogens is 226 g/mol. The Kier molecular flexibility index (Phi) is 4.70. The van der Waals surface area contributed by atoms with Crippen LogP contribution in [0, 0.1) is 5.92 Å². The molecule has 1 aromatic rings. The molecule has 0 unspecified atom stereocenters. The van der Waals surface area contributed by atoms with Gasteiger partial charge in [-0.1, -0.05) is 25.3 Å². The average Bonchev–Trinajstić information content (AvgIpc) is 2.40. The number of nitrogens with one attached hydrogen (secondary N) is 1. The Morgan fingerprint density at radius 3 is 2.72 bits per heavy atom. The van der Waals surface area contributed by atoms with Crippen LogP contribution in [0.5, 0.6) is 0 Å². The van der Waals surface area contributed by atoms with Crippen LogP contribution in [0.15, 0.2) is 18.3 Å². The van der Waals surface area contributed by atoms with Crippen LogP contribution in [0.25, 0.3) is 0 Å². The average molecular weight is 247 g/mol. The highest BCUT2D eigenvalue weighted by Gasteiger charge is 2.17. The van der Waals surface area contributed by atoms with Crippen LogP contribution in [0.1, 0.15) is 44.1 Å². The second-order valence-electron chi connectivity index (χ2n) is 5.01. The third kappa shape index (κ3) is 3.81. The molecule has 0 aromatic carbocycles. The van der Waals surface area contributed by atoms with Gasteiger partial charge in [0, 0.05) is 19.2 Å². The van der Waals surface area contributed by atoms with Gasteiger partial charge >= 0.3 is 0 Å². The number of rotatable bonds is 4. The second-order valence-corrected chi connectivity index (χ2v) is 5.01. The number of aromatic nitrogens is 1. The topological polar surface area (TPSA) is 68.0 Å². The molecule has 0 spiro atoms. The van der Waals surface area contributed by atoms with E-state index in [1.54, 1.807) is 12.3 Å². The summed E-state index contributed by atoms with van der Waals surface area (Å²) in [7, 11) is 0. The van der Waals surface area contributed by atoms with Crippen LogP contribution in [0.2, 0.25) is 0 Å². The molecule has 1 heterocycles. The molecule has 0 saturated heterocycles. The summed E-state index contributed by atoms with van der Waals surface area (Å²) in [6.45, 7) is 0.475. The Labute approximate surface area is 108 Å². The molecule has 0 atom stereocenters. The van der Waals surface area contributed by atoms with Crippen LogP contribution in [-0.4, -0.2) is 10.9 Å². The van der Waals surface area contributed by atoms with E-state index in [-0.39, 0.29) is 5.91 Å². The van der Waals surface area contributed by atoms with E-state index in [0.29, 0.717) is 24.7 Å². The molecule has 1 amide bonds. The van der Waals surface area contributed by atoms with Crippen molar-refractivity contribution in [2.24, 2.45) is 11.7 Å². The summed E-state index contributed by atoms with van der Waals surface area (Å²) in [6.07, 6.45) is 8.56. The molecule has 4 nitrogen and oxygen atoms in total. The lowest BCUT2D eigenvalue weighted by atomic mass is 9.87. The summed E-state index contributed by atoms with van der Waals surface area (Å²) in [5.74, 6) is 1.25. The summed E-state index contributed by atoms with van der Waals surface area (Å²) >= 11 is 0. The smallest absolute Gasteiger partial charge is 0.225 e. The van der Waals surface area contributed by atoms with Crippen molar-refractivity contribution in [3.8, 4) is 0 Å². The van der Waals surface area contributed by atoms with Gasteiger partial charge in [0.1, 0.15) is 5.82 Å². The maximum Gasteiger partial charge on any atom is 0.225 e. The molecule has 0 radical (unpaired) electrons. The van der Waals surface area contributed by atoms with Crippen molar-refractivity contribution in [1.29, 1.82) is 0 Å². The van der Waals surface area contributed by atoms with Gasteiger partial charge in [-0.2, -0.15) is 0 Å². The van der Waals surface area contributed by atoms with Crippen LogP contribution in [-0.2, 0) is 11.3 Å².